The molecule has 6 heteroatoms. The van der Waals surface area contributed by atoms with E-state index in [0.717, 1.165) is 0 Å². The van der Waals surface area contributed by atoms with E-state index in [-0.39, 0.29) is 5.91 Å². The third-order valence-corrected chi connectivity index (χ3v) is 3.84. The van der Waals surface area contributed by atoms with Crippen molar-refractivity contribution in [1.82, 2.24) is 4.98 Å². The minimum Gasteiger partial charge on any atom is -0.481 e. The highest BCUT2D eigenvalue weighted by atomic mass is 79.9. The molecule has 0 aromatic carbocycles. The summed E-state index contributed by atoms with van der Waals surface area (Å²) >= 11 is 3.26. The second kappa shape index (κ2) is 6.17. The monoisotopic (exact) mass is 338 g/mol. The van der Waals surface area contributed by atoms with Crippen molar-refractivity contribution >= 4 is 33.5 Å². The number of aliphatic carboxylic acids is 1. The first kappa shape index (κ1) is 14.7. The molecule has 0 saturated heterocycles. The van der Waals surface area contributed by atoms with Gasteiger partial charge >= 0.3 is 5.97 Å². The molecule has 1 amide bonds. The molecule has 1 aliphatic carbocycles. The topological polar surface area (TPSA) is 79.3 Å². The lowest BCUT2D eigenvalue weighted by molar-refractivity contribution is -0.146. The Kier molecular flexibility index (Phi) is 4.54. The zero-order valence-electron chi connectivity index (χ0n) is 11.0. The van der Waals surface area contributed by atoms with Gasteiger partial charge in [-0.1, -0.05) is 12.2 Å². The van der Waals surface area contributed by atoms with Crippen LogP contribution < -0.4 is 5.32 Å². The van der Waals surface area contributed by atoms with Gasteiger partial charge in [0.1, 0.15) is 4.60 Å². The van der Waals surface area contributed by atoms with E-state index in [1.807, 2.05) is 12.2 Å². The van der Waals surface area contributed by atoms with Gasteiger partial charge in [0.2, 0.25) is 5.91 Å². The molecule has 1 heterocycles. The Morgan fingerprint density at radius 2 is 1.95 bits per heavy atom. The number of pyridine rings is 1. The molecule has 2 rings (SSSR count). The molecular weight excluding hydrogens is 324 g/mol. The zero-order chi connectivity index (χ0) is 14.7. The maximum absolute atomic E-state index is 12.3. The second-order valence-corrected chi connectivity index (χ2v) is 5.56. The summed E-state index contributed by atoms with van der Waals surface area (Å²) in [5.41, 5.74) is 1.29. The van der Waals surface area contributed by atoms with E-state index in [0.29, 0.717) is 28.8 Å². The number of allylic oxidation sites excluding steroid dienone is 2. The highest BCUT2D eigenvalue weighted by Gasteiger charge is 2.34. The van der Waals surface area contributed by atoms with E-state index < -0.39 is 17.8 Å². The number of carboxylic acids is 1. The Labute approximate surface area is 125 Å². The van der Waals surface area contributed by atoms with Gasteiger partial charge in [-0.05, 0) is 47.8 Å². The lowest BCUT2D eigenvalue weighted by Crippen LogP contribution is -2.34. The molecule has 5 nitrogen and oxygen atoms in total. The number of aryl methyl sites for hydroxylation is 1. The number of aromatic nitrogens is 1. The summed E-state index contributed by atoms with van der Waals surface area (Å²) in [6.45, 7) is 1.79. The average molecular weight is 339 g/mol. The van der Waals surface area contributed by atoms with E-state index >= 15 is 0 Å². The predicted molar refractivity (Wildman–Crippen MR) is 78.3 cm³/mol. The molecule has 0 bridgehead atoms. The maximum Gasteiger partial charge on any atom is 0.307 e. The molecule has 1 aliphatic rings. The number of carbonyl (C=O) groups excluding carboxylic acids is 1. The molecule has 0 saturated carbocycles. The molecule has 2 atom stereocenters. The fourth-order valence-corrected chi connectivity index (χ4v) is 2.66. The van der Waals surface area contributed by atoms with Crippen LogP contribution in [0.5, 0.6) is 0 Å². The van der Waals surface area contributed by atoms with Gasteiger partial charge in [-0.25, -0.2) is 4.98 Å². The number of nitrogens with one attached hydrogen (secondary N) is 1. The van der Waals surface area contributed by atoms with Crippen LogP contribution in [0.4, 0.5) is 5.69 Å². The van der Waals surface area contributed by atoms with Gasteiger partial charge in [0, 0.05) is 0 Å². The lowest BCUT2D eigenvalue weighted by Gasteiger charge is -2.24. The van der Waals surface area contributed by atoms with Crippen molar-refractivity contribution in [3.05, 3.63) is 34.6 Å². The molecular formula is C14H15BrN2O3. The van der Waals surface area contributed by atoms with Crippen LogP contribution in [0, 0.1) is 18.8 Å². The van der Waals surface area contributed by atoms with E-state index in [1.54, 1.807) is 19.1 Å². The fraction of sp³-hybridized carbons (Fsp3) is 0.357. The van der Waals surface area contributed by atoms with Crippen LogP contribution in [0.25, 0.3) is 0 Å². The molecule has 0 spiro atoms. The van der Waals surface area contributed by atoms with Gasteiger partial charge in [0.05, 0.1) is 23.2 Å². The van der Waals surface area contributed by atoms with E-state index in [4.69, 9.17) is 0 Å². The van der Waals surface area contributed by atoms with Crippen LogP contribution in [0.3, 0.4) is 0 Å². The van der Waals surface area contributed by atoms with Crippen LogP contribution in [0.15, 0.2) is 28.9 Å². The number of carbonyl (C=O) groups is 2. The van der Waals surface area contributed by atoms with Crippen LogP contribution in [0.1, 0.15) is 18.5 Å². The van der Waals surface area contributed by atoms with Crippen LogP contribution in [0.2, 0.25) is 0 Å². The highest BCUT2D eigenvalue weighted by molar-refractivity contribution is 9.10. The summed E-state index contributed by atoms with van der Waals surface area (Å²) in [6.07, 6.45) is 4.52. The van der Waals surface area contributed by atoms with Gasteiger partial charge in [0.25, 0.3) is 0 Å². The Morgan fingerprint density at radius 1 is 1.30 bits per heavy atom. The normalized spacial score (nSPS) is 21.5. The fourth-order valence-electron chi connectivity index (χ4n) is 2.26. The summed E-state index contributed by atoms with van der Waals surface area (Å²) in [4.78, 5) is 27.7. The number of amides is 1. The molecule has 0 fully saturated rings. The van der Waals surface area contributed by atoms with Gasteiger partial charge < -0.3 is 10.4 Å². The summed E-state index contributed by atoms with van der Waals surface area (Å²) in [7, 11) is 0. The van der Waals surface area contributed by atoms with Gasteiger partial charge in [0.15, 0.2) is 0 Å². The van der Waals surface area contributed by atoms with Crippen LogP contribution in [-0.4, -0.2) is 22.0 Å². The summed E-state index contributed by atoms with van der Waals surface area (Å²) in [5, 5.41) is 12.0. The quantitative estimate of drug-likeness (QED) is 0.656. The van der Waals surface area contributed by atoms with Crippen molar-refractivity contribution in [2.45, 2.75) is 19.8 Å². The van der Waals surface area contributed by atoms with Crippen LogP contribution >= 0.6 is 15.9 Å². The zero-order valence-corrected chi connectivity index (χ0v) is 12.6. The molecule has 1 aromatic rings. The molecule has 0 unspecified atom stereocenters. The Balaban J connectivity index is 2.14. The number of hydrogen-bond acceptors (Lipinski definition) is 3. The second-order valence-electron chi connectivity index (χ2n) is 4.75. The number of carboxylic acid groups (broad SMARTS) is 1. The Bertz CT molecular complexity index is 572. The minimum atomic E-state index is -0.930. The number of hydrogen-bond donors (Lipinski definition) is 2. The van der Waals surface area contributed by atoms with Crippen molar-refractivity contribution in [2.24, 2.45) is 11.8 Å². The predicted octanol–water partition coefficient (Wildman–Crippen LogP) is 2.76. The average Bonchev–Trinajstić information content (AvgIpc) is 2.41. The number of rotatable bonds is 3. The Morgan fingerprint density at radius 3 is 2.55 bits per heavy atom. The van der Waals surface area contributed by atoms with Crippen molar-refractivity contribution in [3.8, 4) is 0 Å². The molecule has 2 N–H and O–H groups in total. The van der Waals surface area contributed by atoms with E-state index in [2.05, 4.69) is 26.2 Å². The van der Waals surface area contributed by atoms with E-state index in [1.165, 1.54) is 0 Å². The third kappa shape index (κ3) is 3.25. The summed E-state index contributed by atoms with van der Waals surface area (Å²) in [5.74, 6) is -2.40. The van der Waals surface area contributed by atoms with Gasteiger partial charge in [-0.15, -0.1) is 0 Å². The first-order chi connectivity index (χ1) is 9.49. The largest absolute Gasteiger partial charge is 0.481 e. The molecule has 0 radical (unpaired) electrons. The number of halogens is 1. The lowest BCUT2D eigenvalue weighted by atomic mass is 9.82. The van der Waals surface area contributed by atoms with E-state index in [9.17, 15) is 14.7 Å². The smallest absolute Gasteiger partial charge is 0.307 e. The standard InChI is InChI=1S/C14H15BrN2O3/c1-8-11(6-7-12(15)16-8)17-13(18)9-4-2-3-5-10(9)14(19)20/h2-3,6-7,9-10H,4-5H2,1H3,(H,17,18)(H,19,20)/t9-,10+/m1/s1. The van der Waals surface area contributed by atoms with Crippen molar-refractivity contribution in [3.63, 3.8) is 0 Å². The number of anilines is 1. The maximum atomic E-state index is 12.3. The van der Waals surface area contributed by atoms with Crippen molar-refractivity contribution < 1.29 is 14.7 Å². The third-order valence-electron chi connectivity index (χ3n) is 3.40. The summed E-state index contributed by atoms with van der Waals surface area (Å²) < 4.78 is 0.692. The van der Waals surface area contributed by atoms with Gasteiger partial charge in [-0.3, -0.25) is 9.59 Å². The molecule has 106 valence electrons. The summed E-state index contributed by atoms with van der Waals surface area (Å²) in [6, 6.07) is 3.48. The minimum absolute atomic E-state index is 0.269. The first-order valence-corrected chi connectivity index (χ1v) is 7.10. The number of nitrogens with zero attached hydrogens (tertiary/aromatic N) is 1. The SMILES string of the molecule is Cc1nc(Br)ccc1NC(=O)[C@@H]1CC=CC[C@@H]1C(=O)O. The van der Waals surface area contributed by atoms with Crippen molar-refractivity contribution in [2.75, 3.05) is 5.32 Å². The highest BCUT2D eigenvalue weighted by Crippen LogP contribution is 2.27. The molecule has 0 aliphatic heterocycles. The van der Waals surface area contributed by atoms with Gasteiger partial charge in [-0.2, -0.15) is 0 Å². The molecule has 1 aromatic heterocycles. The van der Waals surface area contributed by atoms with Crippen molar-refractivity contribution in [1.29, 1.82) is 0 Å². The molecule has 20 heavy (non-hydrogen) atoms. The van der Waals surface area contributed by atoms with Crippen LogP contribution in [-0.2, 0) is 9.59 Å². The Hall–Kier alpha value is -1.69. The first-order valence-electron chi connectivity index (χ1n) is 6.31.